The molecule has 18 heavy (non-hydrogen) atoms. The predicted molar refractivity (Wildman–Crippen MR) is 72.1 cm³/mol. The molecule has 0 unspecified atom stereocenters. The van der Waals surface area contributed by atoms with E-state index in [2.05, 4.69) is 31.2 Å². The zero-order valence-electron chi connectivity index (χ0n) is 9.85. The number of aryl methyl sites for hydroxylation is 1. The highest BCUT2D eigenvalue weighted by Gasteiger charge is 2.08. The first-order valence-corrected chi connectivity index (χ1v) is 6.27. The molecule has 1 aromatic heterocycles. The van der Waals surface area contributed by atoms with E-state index in [1.165, 1.54) is 0 Å². The number of benzene rings is 1. The summed E-state index contributed by atoms with van der Waals surface area (Å²) in [6.45, 7) is 2.21. The molecule has 2 rings (SSSR count). The number of hydrogen-bond donors (Lipinski definition) is 1. The molecule has 0 fully saturated rings. The minimum absolute atomic E-state index is 0.126. The van der Waals surface area contributed by atoms with Crippen LogP contribution in [0, 0.1) is 6.92 Å². The van der Waals surface area contributed by atoms with Gasteiger partial charge >= 0.3 is 0 Å². The van der Waals surface area contributed by atoms with Crippen molar-refractivity contribution in [3.63, 3.8) is 0 Å². The molecule has 0 radical (unpaired) electrons. The Labute approximate surface area is 114 Å². The molecule has 1 amide bonds. The summed E-state index contributed by atoms with van der Waals surface area (Å²) in [6, 6.07) is 9.09. The van der Waals surface area contributed by atoms with Crippen molar-refractivity contribution >= 4 is 21.8 Å². The lowest BCUT2D eigenvalue weighted by atomic mass is 10.2. The van der Waals surface area contributed by atoms with E-state index in [1.807, 2.05) is 25.1 Å². The molecule has 0 aliphatic heterocycles. The molecule has 0 aliphatic carbocycles. The quantitative estimate of drug-likeness (QED) is 0.948. The van der Waals surface area contributed by atoms with Gasteiger partial charge in [0.1, 0.15) is 5.82 Å². The van der Waals surface area contributed by atoms with Crippen molar-refractivity contribution in [2.45, 2.75) is 13.5 Å². The van der Waals surface area contributed by atoms with E-state index < -0.39 is 0 Å². The van der Waals surface area contributed by atoms with Crippen LogP contribution in [0.1, 0.15) is 21.9 Å². The topological polar surface area (TPSA) is 54.9 Å². The SMILES string of the molecule is Cc1nccc(CNC(=O)c2ccccc2Br)n1. The maximum absolute atomic E-state index is 11.9. The fourth-order valence-corrected chi connectivity index (χ4v) is 1.98. The molecular formula is C13H12BrN3O. The van der Waals surface area contributed by atoms with Crippen molar-refractivity contribution in [3.8, 4) is 0 Å². The lowest BCUT2D eigenvalue weighted by Crippen LogP contribution is -2.23. The number of carbonyl (C=O) groups excluding carboxylic acids is 1. The largest absolute Gasteiger partial charge is 0.346 e. The van der Waals surface area contributed by atoms with E-state index >= 15 is 0 Å². The Balaban J connectivity index is 2.03. The van der Waals surface area contributed by atoms with E-state index in [1.54, 1.807) is 18.3 Å². The van der Waals surface area contributed by atoms with Crippen molar-refractivity contribution < 1.29 is 4.79 Å². The number of carbonyl (C=O) groups is 1. The monoisotopic (exact) mass is 305 g/mol. The standard InChI is InChI=1S/C13H12BrN3O/c1-9-15-7-6-10(17-9)8-16-13(18)11-4-2-3-5-12(11)14/h2-7H,8H2,1H3,(H,16,18). The van der Waals surface area contributed by atoms with E-state index in [-0.39, 0.29) is 5.91 Å². The smallest absolute Gasteiger partial charge is 0.252 e. The highest BCUT2D eigenvalue weighted by molar-refractivity contribution is 9.10. The fourth-order valence-electron chi connectivity index (χ4n) is 1.52. The van der Waals surface area contributed by atoms with Gasteiger partial charge in [0.25, 0.3) is 5.91 Å². The lowest BCUT2D eigenvalue weighted by Gasteiger charge is -2.06. The molecule has 1 N–H and O–H groups in total. The van der Waals surface area contributed by atoms with Gasteiger partial charge in [0.2, 0.25) is 0 Å². The van der Waals surface area contributed by atoms with Gasteiger partial charge < -0.3 is 5.32 Å². The Kier molecular flexibility index (Phi) is 4.04. The molecule has 0 atom stereocenters. The second-order valence-electron chi connectivity index (χ2n) is 3.76. The van der Waals surface area contributed by atoms with Crippen LogP contribution >= 0.6 is 15.9 Å². The van der Waals surface area contributed by atoms with Crippen LogP contribution < -0.4 is 5.32 Å². The Bertz CT molecular complexity index is 572. The van der Waals surface area contributed by atoms with Crippen LogP contribution in [0.15, 0.2) is 41.0 Å². The second kappa shape index (κ2) is 5.73. The normalized spacial score (nSPS) is 10.1. The first-order valence-electron chi connectivity index (χ1n) is 5.48. The van der Waals surface area contributed by atoms with E-state index in [0.29, 0.717) is 17.9 Å². The van der Waals surface area contributed by atoms with Crippen LogP contribution in [0.2, 0.25) is 0 Å². The van der Waals surface area contributed by atoms with Gasteiger partial charge in [-0.25, -0.2) is 9.97 Å². The number of hydrogen-bond acceptors (Lipinski definition) is 3. The van der Waals surface area contributed by atoms with Crippen LogP contribution in [-0.2, 0) is 6.54 Å². The number of nitrogens with zero attached hydrogens (tertiary/aromatic N) is 2. The summed E-state index contributed by atoms with van der Waals surface area (Å²) in [5, 5.41) is 2.82. The Morgan fingerprint density at radius 1 is 1.33 bits per heavy atom. The highest BCUT2D eigenvalue weighted by Crippen LogP contribution is 2.15. The van der Waals surface area contributed by atoms with Gasteiger partial charge in [0.15, 0.2) is 0 Å². The number of halogens is 1. The molecule has 2 aromatic rings. The summed E-state index contributed by atoms with van der Waals surface area (Å²) < 4.78 is 0.779. The fraction of sp³-hybridized carbons (Fsp3) is 0.154. The minimum Gasteiger partial charge on any atom is -0.346 e. The third kappa shape index (κ3) is 3.13. The molecule has 0 bridgehead atoms. The van der Waals surface area contributed by atoms with Crippen LogP contribution in [0.5, 0.6) is 0 Å². The molecule has 92 valence electrons. The van der Waals surface area contributed by atoms with Gasteiger partial charge in [0, 0.05) is 10.7 Å². The maximum Gasteiger partial charge on any atom is 0.252 e. The van der Waals surface area contributed by atoms with Gasteiger partial charge in [-0.1, -0.05) is 12.1 Å². The van der Waals surface area contributed by atoms with E-state index in [4.69, 9.17) is 0 Å². The van der Waals surface area contributed by atoms with Gasteiger partial charge in [-0.15, -0.1) is 0 Å². The minimum atomic E-state index is -0.126. The van der Waals surface area contributed by atoms with Crippen LogP contribution in [0.4, 0.5) is 0 Å². The molecule has 0 aliphatic rings. The summed E-state index contributed by atoms with van der Waals surface area (Å²) >= 11 is 3.35. The summed E-state index contributed by atoms with van der Waals surface area (Å²) in [5.41, 5.74) is 1.41. The van der Waals surface area contributed by atoms with Crippen molar-refractivity contribution in [2.75, 3.05) is 0 Å². The molecule has 1 aromatic carbocycles. The van der Waals surface area contributed by atoms with Gasteiger partial charge in [-0.2, -0.15) is 0 Å². The average Bonchev–Trinajstić information content (AvgIpc) is 2.37. The highest BCUT2D eigenvalue weighted by atomic mass is 79.9. The van der Waals surface area contributed by atoms with Crippen molar-refractivity contribution in [1.29, 1.82) is 0 Å². The summed E-state index contributed by atoms with van der Waals surface area (Å²) in [5.74, 6) is 0.571. The second-order valence-corrected chi connectivity index (χ2v) is 4.61. The molecular weight excluding hydrogens is 294 g/mol. The Morgan fingerprint density at radius 3 is 2.83 bits per heavy atom. The number of amides is 1. The third-order valence-corrected chi connectivity index (χ3v) is 3.07. The van der Waals surface area contributed by atoms with Gasteiger partial charge in [-0.05, 0) is 41.1 Å². The third-order valence-electron chi connectivity index (χ3n) is 2.38. The lowest BCUT2D eigenvalue weighted by molar-refractivity contribution is 0.0949. The first-order chi connectivity index (χ1) is 8.66. The average molecular weight is 306 g/mol. The predicted octanol–water partition coefficient (Wildman–Crippen LogP) is 2.48. The zero-order valence-corrected chi connectivity index (χ0v) is 11.4. The zero-order chi connectivity index (χ0) is 13.0. The molecule has 4 nitrogen and oxygen atoms in total. The van der Waals surface area contributed by atoms with Crippen LogP contribution in [0.25, 0.3) is 0 Å². The molecule has 1 heterocycles. The van der Waals surface area contributed by atoms with E-state index in [9.17, 15) is 4.79 Å². The Hall–Kier alpha value is -1.75. The van der Waals surface area contributed by atoms with Crippen molar-refractivity contribution in [3.05, 3.63) is 58.1 Å². The van der Waals surface area contributed by atoms with Gasteiger partial charge in [-0.3, -0.25) is 4.79 Å². The molecule has 0 saturated heterocycles. The molecule has 5 heteroatoms. The van der Waals surface area contributed by atoms with Crippen molar-refractivity contribution in [1.82, 2.24) is 15.3 Å². The van der Waals surface area contributed by atoms with E-state index in [0.717, 1.165) is 10.2 Å². The van der Waals surface area contributed by atoms with Crippen molar-refractivity contribution in [2.24, 2.45) is 0 Å². The number of rotatable bonds is 3. The molecule has 0 spiro atoms. The number of aromatic nitrogens is 2. The Morgan fingerprint density at radius 2 is 2.11 bits per heavy atom. The molecule has 0 saturated carbocycles. The first kappa shape index (κ1) is 12.7. The number of nitrogens with one attached hydrogen (secondary N) is 1. The maximum atomic E-state index is 11.9. The summed E-state index contributed by atoms with van der Waals surface area (Å²) in [6.07, 6.45) is 1.68. The van der Waals surface area contributed by atoms with Gasteiger partial charge in [0.05, 0.1) is 17.8 Å². The summed E-state index contributed by atoms with van der Waals surface area (Å²) in [4.78, 5) is 20.2. The summed E-state index contributed by atoms with van der Waals surface area (Å²) in [7, 11) is 0. The van der Waals surface area contributed by atoms with Crippen LogP contribution in [-0.4, -0.2) is 15.9 Å². The van der Waals surface area contributed by atoms with Crippen LogP contribution in [0.3, 0.4) is 0 Å².